The zero-order valence-corrected chi connectivity index (χ0v) is 21.0. The standard InChI is InChI=1S/C27H40O7/c1-12-8-18-25(4,30)21-16(33-26(12,5)34-18)10-15-19-14(6-7-23(15,21)2)24(3)17(29)9-13(28)11-27(24,31)22-20(19)32-22/h12-16,18-22,28,30-31H,6-11H2,1-5H3/t12-,13+,14?,15?,16?,18?,19?,20-,21?,22-,23-,24-,25-,26+,27-/m0/s1. The van der Waals surface area contributed by atoms with Gasteiger partial charge in [0, 0.05) is 24.7 Å². The molecule has 6 unspecified atom stereocenters. The first-order valence-electron chi connectivity index (χ1n) is 13.4. The number of aliphatic hydroxyl groups excluding tert-OH is 1. The molecule has 7 fully saturated rings. The van der Waals surface area contributed by atoms with Crippen molar-refractivity contribution >= 4 is 5.78 Å². The van der Waals surface area contributed by atoms with Crippen LogP contribution in [-0.4, -0.2) is 68.6 Å². The van der Waals surface area contributed by atoms with Crippen LogP contribution in [-0.2, 0) is 19.0 Å². The Bertz CT molecular complexity index is 951. The van der Waals surface area contributed by atoms with Crippen LogP contribution in [0.15, 0.2) is 0 Å². The van der Waals surface area contributed by atoms with Gasteiger partial charge in [-0.2, -0.15) is 0 Å². The van der Waals surface area contributed by atoms with E-state index in [1.165, 1.54) is 0 Å². The predicted molar refractivity (Wildman–Crippen MR) is 120 cm³/mol. The normalized spacial score (nSPS) is 68.2. The lowest BCUT2D eigenvalue weighted by Gasteiger charge is -2.61. The molecule has 0 aromatic heterocycles. The van der Waals surface area contributed by atoms with E-state index in [-0.39, 0.29) is 71.9 Å². The number of rotatable bonds is 0. The molecule has 7 heteroatoms. The summed E-state index contributed by atoms with van der Waals surface area (Å²) in [7, 11) is 0. The Morgan fingerprint density at radius 2 is 1.76 bits per heavy atom. The van der Waals surface area contributed by atoms with Gasteiger partial charge in [0.25, 0.3) is 0 Å². The monoisotopic (exact) mass is 476 g/mol. The molecule has 190 valence electrons. The van der Waals surface area contributed by atoms with E-state index in [1.807, 2.05) is 20.8 Å². The number of Topliss-reactive ketones (excluding diaryl/α,β-unsaturated/α-hetero) is 1. The van der Waals surface area contributed by atoms with Gasteiger partial charge in [-0.05, 0) is 69.6 Å². The zero-order chi connectivity index (χ0) is 24.2. The van der Waals surface area contributed by atoms with Gasteiger partial charge < -0.3 is 29.5 Å². The molecule has 0 radical (unpaired) electrons. The Balaban J connectivity index is 1.30. The summed E-state index contributed by atoms with van der Waals surface area (Å²) in [5, 5.41) is 34.2. The minimum atomic E-state index is -1.30. The molecule has 7 aliphatic rings. The lowest BCUT2D eigenvalue weighted by atomic mass is 9.42. The van der Waals surface area contributed by atoms with Crippen LogP contribution >= 0.6 is 0 Å². The Labute approximate surface area is 201 Å². The highest BCUT2D eigenvalue weighted by Crippen LogP contribution is 2.73. The minimum Gasteiger partial charge on any atom is -0.393 e. The fourth-order valence-corrected chi connectivity index (χ4v) is 10.5. The molecular weight excluding hydrogens is 436 g/mol. The Morgan fingerprint density at radius 3 is 2.50 bits per heavy atom. The third-order valence-electron chi connectivity index (χ3n) is 12.4. The number of ether oxygens (including phenoxy) is 3. The van der Waals surface area contributed by atoms with Crippen molar-refractivity contribution in [3.05, 3.63) is 0 Å². The molecule has 2 bridgehead atoms. The molecule has 0 aromatic rings. The van der Waals surface area contributed by atoms with Crippen LogP contribution in [0.25, 0.3) is 0 Å². The molecule has 4 saturated carbocycles. The SMILES string of the molecule is C[C@H]1CC2O[C@@]1(C)OC1CC3C4C(CC[C@]3(C)C1[C@@]2(C)O)[C@@]1(C)C(=O)C[C@@H](O)C[C@]1(O)[C@H]1O[C@@H]41. The summed E-state index contributed by atoms with van der Waals surface area (Å²) >= 11 is 0. The third kappa shape index (κ3) is 2.34. The van der Waals surface area contributed by atoms with E-state index in [2.05, 4.69) is 13.8 Å². The molecule has 7 nitrogen and oxygen atoms in total. The second-order valence-corrected chi connectivity index (χ2v) is 13.8. The number of carbonyl (C=O) groups excluding carboxylic acids is 1. The summed E-state index contributed by atoms with van der Waals surface area (Å²) < 4.78 is 19.3. The third-order valence-corrected chi connectivity index (χ3v) is 12.4. The Kier molecular flexibility index (Phi) is 4.18. The lowest BCUT2D eigenvalue weighted by molar-refractivity contribution is -0.245. The summed E-state index contributed by atoms with van der Waals surface area (Å²) in [5.41, 5.74) is -3.38. The molecular formula is C27H40O7. The number of fused-ring (bicyclic) bond motifs is 12. The quantitative estimate of drug-likeness (QED) is 0.460. The molecule has 3 aliphatic heterocycles. The molecule has 3 heterocycles. The van der Waals surface area contributed by atoms with Gasteiger partial charge in [-0.25, -0.2) is 0 Å². The van der Waals surface area contributed by atoms with Gasteiger partial charge in [0.1, 0.15) is 17.5 Å². The highest BCUT2D eigenvalue weighted by Gasteiger charge is 2.80. The lowest BCUT2D eigenvalue weighted by Crippen LogP contribution is -2.70. The van der Waals surface area contributed by atoms with E-state index in [0.717, 1.165) is 25.7 Å². The van der Waals surface area contributed by atoms with E-state index in [4.69, 9.17) is 14.2 Å². The van der Waals surface area contributed by atoms with Crippen LogP contribution in [0.1, 0.15) is 73.1 Å². The van der Waals surface area contributed by atoms with Crippen molar-refractivity contribution in [3.63, 3.8) is 0 Å². The van der Waals surface area contributed by atoms with Gasteiger partial charge in [0.2, 0.25) is 0 Å². The smallest absolute Gasteiger partial charge is 0.169 e. The largest absolute Gasteiger partial charge is 0.393 e. The van der Waals surface area contributed by atoms with Crippen LogP contribution in [0.4, 0.5) is 0 Å². The maximum absolute atomic E-state index is 13.5. The number of carbonyl (C=O) groups is 1. The van der Waals surface area contributed by atoms with Gasteiger partial charge in [-0.1, -0.05) is 13.8 Å². The van der Waals surface area contributed by atoms with Crippen LogP contribution < -0.4 is 0 Å². The first kappa shape index (κ1) is 22.6. The Morgan fingerprint density at radius 1 is 1.03 bits per heavy atom. The summed E-state index contributed by atoms with van der Waals surface area (Å²) in [4.78, 5) is 13.5. The predicted octanol–water partition coefficient (Wildman–Crippen LogP) is 2.19. The highest BCUT2D eigenvalue weighted by atomic mass is 16.7. The summed E-state index contributed by atoms with van der Waals surface area (Å²) in [6.45, 7) is 10.4. The number of epoxide rings is 1. The molecule has 3 N–H and O–H groups in total. The van der Waals surface area contributed by atoms with Crippen LogP contribution in [0.5, 0.6) is 0 Å². The maximum Gasteiger partial charge on any atom is 0.169 e. The molecule has 0 spiro atoms. The zero-order valence-electron chi connectivity index (χ0n) is 21.0. The first-order valence-corrected chi connectivity index (χ1v) is 13.4. The molecule has 0 amide bonds. The van der Waals surface area contributed by atoms with Gasteiger partial charge in [0.05, 0.1) is 35.4 Å². The van der Waals surface area contributed by atoms with E-state index < -0.39 is 34.6 Å². The van der Waals surface area contributed by atoms with Crippen molar-refractivity contribution in [2.75, 3.05) is 0 Å². The molecule has 0 aromatic carbocycles. The van der Waals surface area contributed by atoms with Crippen molar-refractivity contribution in [2.24, 2.45) is 40.4 Å². The average molecular weight is 477 g/mol. The summed E-state index contributed by atoms with van der Waals surface area (Å²) in [6.07, 6.45) is 1.93. The van der Waals surface area contributed by atoms with Crippen LogP contribution in [0.3, 0.4) is 0 Å². The average Bonchev–Trinajstić information content (AvgIpc) is 3.41. The van der Waals surface area contributed by atoms with Crippen molar-refractivity contribution in [3.8, 4) is 0 Å². The van der Waals surface area contributed by atoms with Crippen molar-refractivity contribution in [2.45, 2.75) is 121 Å². The molecule has 7 rings (SSSR count). The number of hydrogen-bond acceptors (Lipinski definition) is 7. The van der Waals surface area contributed by atoms with Gasteiger partial charge >= 0.3 is 0 Å². The Hall–Kier alpha value is -0.570. The second kappa shape index (κ2) is 6.28. The van der Waals surface area contributed by atoms with E-state index >= 15 is 0 Å². The van der Waals surface area contributed by atoms with Gasteiger partial charge in [0.15, 0.2) is 5.79 Å². The van der Waals surface area contributed by atoms with Crippen molar-refractivity contribution in [1.82, 2.24) is 0 Å². The van der Waals surface area contributed by atoms with E-state index in [9.17, 15) is 20.1 Å². The molecule has 34 heavy (non-hydrogen) atoms. The summed E-state index contributed by atoms with van der Waals surface area (Å²) in [6, 6.07) is 0. The van der Waals surface area contributed by atoms with Crippen molar-refractivity contribution in [1.29, 1.82) is 0 Å². The number of hydrogen-bond donors (Lipinski definition) is 3. The second-order valence-electron chi connectivity index (χ2n) is 13.8. The first-order chi connectivity index (χ1) is 15.8. The molecule has 3 saturated heterocycles. The van der Waals surface area contributed by atoms with Gasteiger partial charge in [-0.15, -0.1) is 0 Å². The minimum absolute atomic E-state index is 0.00842. The molecule has 4 aliphatic carbocycles. The van der Waals surface area contributed by atoms with E-state index in [1.54, 1.807) is 0 Å². The fraction of sp³-hybridized carbons (Fsp3) is 0.963. The van der Waals surface area contributed by atoms with Crippen LogP contribution in [0, 0.1) is 40.4 Å². The van der Waals surface area contributed by atoms with Crippen LogP contribution in [0.2, 0.25) is 0 Å². The highest BCUT2D eigenvalue weighted by molar-refractivity contribution is 5.88. The number of ketones is 1. The van der Waals surface area contributed by atoms with E-state index in [0.29, 0.717) is 0 Å². The summed E-state index contributed by atoms with van der Waals surface area (Å²) in [5.74, 6) is -0.175. The topological polar surface area (TPSA) is 109 Å². The van der Waals surface area contributed by atoms with Gasteiger partial charge in [-0.3, -0.25) is 4.79 Å². The number of aliphatic hydroxyl groups is 3. The maximum atomic E-state index is 13.5. The van der Waals surface area contributed by atoms with Crippen molar-refractivity contribution < 1.29 is 34.3 Å². The fourth-order valence-electron chi connectivity index (χ4n) is 10.5. The molecule has 15 atom stereocenters.